The zero-order chi connectivity index (χ0) is 24.5. The second kappa shape index (κ2) is 9.80. The molecule has 35 heavy (non-hydrogen) atoms. The van der Waals surface area contributed by atoms with Crippen LogP contribution >= 0.6 is 23.4 Å². The predicted molar refractivity (Wildman–Crippen MR) is 144 cm³/mol. The molecule has 5 rings (SSSR count). The van der Waals surface area contributed by atoms with Crippen LogP contribution < -0.4 is 9.80 Å². The van der Waals surface area contributed by atoms with E-state index in [9.17, 15) is 9.59 Å². The highest BCUT2D eigenvalue weighted by Crippen LogP contribution is 2.42. The first-order valence-electron chi connectivity index (χ1n) is 11.6. The highest BCUT2D eigenvalue weighted by Gasteiger charge is 2.29. The van der Waals surface area contributed by atoms with Gasteiger partial charge in [0.15, 0.2) is 0 Å². The van der Waals surface area contributed by atoms with Gasteiger partial charge in [0.2, 0.25) is 0 Å². The van der Waals surface area contributed by atoms with E-state index in [-0.39, 0.29) is 11.8 Å². The molecule has 2 aliphatic heterocycles. The summed E-state index contributed by atoms with van der Waals surface area (Å²) in [5.74, 6) is -0.0688. The lowest BCUT2D eigenvalue weighted by Crippen LogP contribution is -2.48. The molecule has 0 spiro atoms. The number of benzene rings is 3. The van der Waals surface area contributed by atoms with Crippen LogP contribution in [0.25, 0.3) is 6.08 Å². The van der Waals surface area contributed by atoms with Gasteiger partial charge in [-0.05, 0) is 61.0 Å². The maximum atomic E-state index is 13.3. The lowest BCUT2D eigenvalue weighted by atomic mass is 10.1. The standard InChI is InChI=1S/C28H26ClN3O2S/c1-19-4-3-5-20(16-19)17-26-28(34)30(2)24-18-21(6-11-25(24)35-26)27(33)32-14-12-31(13-15-32)23-9-7-22(29)8-10-23/h3-11,16-18H,12-15H2,1-2H3. The Balaban J connectivity index is 1.30. The number of piperazine rings is 1. The predicted octanol–water partition coefficient (Wildman–Crippen LogP) is 5.72. The monoisotopic (exact) mass is 503 g/mol. The molecular formula is C28H26ClN3O2S. The average Bonchev–Trinajstić information content (AvgIpc) is 2.87. The molecule has 0 N–H and O–H groups in total. The quantitative estimate of drug-likeness (QED) is 0.429. The molecule has 0 aliphatic carbocycles. The van der Waals surface area contributed by atoms with Crippen molar-refractivity contribution in [1.82, 2.24) is 4.90 Å². The Morgan fingerprint density at radius 3 is 2.43 bits per heavy atom. The van der Waals surface area contributed by atoms with Crippen LogP contribution in [-0.4, -0.2) is 49.9 Å². The first-order chi connectivity index (χ1) is 16.9. The molecule has 1 saturated heterocycles. The smallest absolute Gasteiger partial charge is 0.264 e. The third-order valence-electron chi connectivity index (χ3n) is 6.40. The molecule has 0 radical (unpaired) electrons. The average molecular weight is 504 g/mol. The Hall–Kier alpha value is -3.22. The van der Waals surface area contributed by atoms with Crippen molar-refractivity contribution >= 4 is 52.6 Å². The number of thioether (sulfide) groups is 1. The highest BCUT2D eigenvalue weighted by atomic mass is 35.5. The van der Waals surface area contributed by atoms with E-state index in [1.807, 2.05) is 78.6 Å². The molecule has 0 bridgehead atoms. The zero-order valence-corrected chi connectivity index (χ0v) is 21.3. The lowest BCUT2D eigenvalue weighted by Gasteiger charge is -2.36. The molecule has 1 fully saturated rings. The normalized spacial score (nSPS) is 17.1. The second-order valence-corrected chi connectivity index (χ2v) is 10.3. The maximum Gasteiger partial charge on any atom is 0.264 e. The molecule has 0 aromatic heterocycles. The zero-order valence-electron chi connectivity index (χ0n) is 19.7. The number of aryl methyl sites for hydroxylation is 1. The molecule has 5 nitrogen and oxygen atoms in total. The van der Waals surface area contributed by atoms with Gasteiger partial charge in [-0.1, -0.05) is 53.2 Å². The maximum absolute atomic E-state index is 13.3. The van der Waals surface area contributed by atoms with Gasteiger partial charge in [-0.25, -0.2) is 0 Å². The Morgan fingerprint density at radius 1 is 0.971 bits per heavy atom. The Kier molecular flexibility index (Phi) is 6.58. The van der Waals surface area contributed by atoms with Crippen molar-refractivity contribution in [3.8, 4) is 0 Å². The number of anilines is 2. The molecule has 7 heteroatoms. The molecular weight excluding hydrogens is 478 g/mol. The molecule has 3 aromatic rings. The summed E-state index contributed by atoms with van der Waals surface area (Å²) in [6, 6.07) is 21.5. The van der Waals surface area contributed by atoms with Crippen LogP contribution in [0, 0.1) is 6.92 Å². The van der Waals surface area contributed by atoms with Gasteiger partial charge in [-0.15, -0.1) is 0 Å². The van der Waals surface area contributed by atoms with Crippen LogP contribution in [-0.2, 0) is 4.79 Å². The van der Waals surface area contributed by atoms with Crippen molar-refractivity contribution in [2.75, 3.05) is 43.0 Å². The SMILES string of the molecule is Cc1cccc(C=C2Sc3ccc(C(=O)N4CCN(c5ccc(Cl)cc5)CC4)cc3N(C)C2=O)c1. The molecule has 3 aromatic carbocycles. The number of hydrogen-bond donors (Lipinski definition) is 0. The van der Waals surface area contributed by atoms with Crippen molar-refractivity contribution in [1.29, 1.82) is 0 Å². The summed E-state index contributed by atoms with van der Waals surface area (Å²) in [4.78, 5) is 33.8. The van der Waals surface area contributed by atoms with E-state index in [0.717, 1.165) is 45.5 Å². The van der Waals surface area contributed by atoms with Gasteiger partial charge in [0, 0.05) is 54.4 Å². The van der Waals surface area contributed by atoms with Crippen molar-refractivity contribution in [2.45, 2.75) is 11.8 Å². The van der Waals surface area contributed by atoms with Crippen LogP contribution in [0.3, 0.4) is 0 Å². The summed E-state index contributed by atoms with van der Waals surface area (Å²) in [6.45, 7) is 4.85. The summed E-state index contributed by atoms with van der Waals surface area (Å²) in [5.41, 5.74) is 4.64. The fourth-order valence-corrected chi connectivity index (χ4v) is 5.66. The van der Waals surface area contributed by atoms with Gasteiger partial charge in [-0.2, -0.15) is 0 Å². The van der Waals surface area contributed by atoms with Crippen LogP contribution in [0.4, 0.5) is 11.4 Å². The number of carbonyl (C=O) groups is 2. The molecule has 0 atom stereocenters. The van der Waals surface area contributed by atoms with E-state index in [0.29, 0.717) is 23.6 Å². The second-order valence-electron chi connectivity index (χ2n) is 8.83. The number of amides is 2. The fraction of sp³-hybridized carbons (Fsp3) is 0.214. The Bertz CT molecular complexity index is 1310. The first kappa shape index (κ1) is 23.5. The molecule has 0 saturated carbocycles. The highest BCUT2D eigenvalue weighted by molar-refractivity contribution is 8.04. The lowest BCUT2D eigenvalue weighted by molar-refractivity contribution is -0.114. The van der Waals surface area contributed by atoms with Crippen molar-refractivity contribution < 1.29 is 9.59 Å². The number of hydrogen-bond acceptors (Lipinski definition) is 4. The van der Waals surface area contributed by atoms with Crippen LogP contribution in [0.1, 0.15) is 21.5 Å². The van der Waals surface area contributed by atoms with Crippen molar-refractivity contribution in [3.05, 3.63) is 93.3 Å². The van der Waals surface area contributed by atoms with Crippen LogP contribution in [0.15, 0.2) is 76.5 Å². The van der Waals surface area contributed by atoms with Gasteiger partial charge >= 0.3 is 0 Å². The molecule has 2 amide bonds. The largest absolute Gasteiger partial charge is 0.368 e. The number of carbonyl (C=O) groups excluding carboxylic acids is 2. The van der Waals surface area contributed by atoms with Crippen molar-refractivity contribution in [2.24, 2.45) is 0 Å². The summed E-state index contributed by atoms with van der Waals surface area (Å²) >= 11 is 7.46. The van der Waals surface area contributed by atoms with Crippen molar-refractivity contribution in [3.63, 3.8) is 0 Å². The van der Waals surface area contributed by atoms with Gasteiger partial charge in [0.25, 0.3) is 11.8 Å². The van der Waals surface area contributed by atoms with E-state index >= 15 is 0 Å². The van der Waals surface area contributed by atoms with E-state index < -0.39 is 0 Å². The Morgan fingerprint density at radius 2 is 1.71 bits per heavy atom. The minimum absolute atomic E-state index is 0.00416. The van der Waals surface area contributed by atoms with E-state index in [4.69, 9.17) is 11.6 Å². The summed E-state index contributed by atoms with van der Waals surface area (Å²) in [6.07, 6.45) is 1.93. The number of nitrogens with zero attached hydrogens (tertiary/aromatic N) is 3. The van der Waals surface area contributed by atoms with E-state index in [2.05, 4.69) is 11.0 Å². The third-order valence-corrected chi connectivity index (χ3v) is 7.73. The summed E-state index contributed by atoms with van der Waals surface area (Å²) in [5, 5.41) is 0.717. The fourth-order valence-electron chi connectivity index (χ4n) is 4.44. The minimum Gasteiger partial charge on any atom is -0.368 e. The Labute approximate surface area is 215 Å². The first-order valence-corrected chi connectivity index (χ1v) is 12.8. The summed E-state index contributed by atoms with van der Waals surface area (Å²) < 4.78 is 0. The number of rotatable bonds is 3. The third kappa shape index (κ3) is 4.95. The summed E-state index contributed by atoms with van der Waals surface area (Å²) in [7, 11) is 1.77. The molecule has 178 valence electrons. The van der Waals surface area contributed by atoms with Gasteiger partial charge < -0.3 is 14.7 Å². The van der Waals surface area contributed by atoms with E-state index in [1.54, 1.807) is 11.9 Å². The molecule has 0 unspecified atom stereocenters. The van der Waals surface area contributed by atoms with Gasteiger partial charge in [0.1, 0.15) is 0 Å². The van der Waals surface area contributed by atoms with Crippen LogP contribution in [0.5, 0.6) is 0 Å². The topological polar surface area (TPSA) is 43.9 Å². The van der Waals surface area contributed by atoms with E-state index in [1.165, 1.54) is 11.8 Å². The minimum atomic E-state index is -0.0646. The van der Waals surface area contributed by atoms with Gasteiger partial charge in [0.05, 0.1) is 10.6 Å². The number of fused-ring (bicyclic) bond motifs is 1. The van der Waals surface area contributed by atoms with Crippen LogP contribution in [0.2, 0.25) is 5.02 Å². The van der Waals surface area contributed by atoms with Gasteiger partial charge in [-0.3, -0.25) is 9.59 Å². The number of likely N-dealkylation sites (N-methyl/N-ethyl adjacent to an activating group) is 1. The molecule has 2 heterocycles. The molecule has 2 aliphatic rings. The number of halogens is 1.